The summed E-state index contributed by atoms with van der Waals surface area (Å²) in [4.78, 5) is 12.5. The van der Waals surface area contributed by atoms with Crippen molar-refractivity contribution in [1.82, 2.24) is 19.8 Å². The zero-order valence-electron chi connectivity index (χ0n) is 17.7. The van der Waals surface area contributed by atoms with Crippen LogP contribution in [0.15, 0.2) is 57.8 Å². The van der Waals surface area contributed by atoms with E-state index in [0.717, 1.165) is 12.1 Å². The smallest absolute Gasteiger partial charge is 0.269 e. The Bertz CT molecular complexity index is 1220. The van der Waals surface area contributed by atoms with Crippen LogP contribution in [-0.4, -0.2) is 47.6 Å². The summed E-state index contributed by atoms with van der Waals surface area (Å²) in [6.45, 7) is 3.16. The van der Waals surface area contributed by atoms with E-state index in [1.165, 1.54) is 24.3 Å². The lowest BCUT2D eigenvalue weighted by Crippen LogP contribution is -2.45. The van der Waals surface area contributed by atoms with Crippen molar-refractivity contribution in [3.05, 3.63) is 70.4 Å². The van der Waals surface area contributed by atoms with Gasteiger partial charge in [0, 0.05) is 36.8 Å². The Kier molecular flexibility index (Phi) is 6.49. The Morgan fingerprint density at radius 3 is 2.36 bits per heavy atom. The van der Waals surface area contributed by atoms with Crippen LogP contribution in [0.4, 0.5) is 10.1 Å². The molecule has 0 amide bonds. The van der Waals surface area contributed by atoms with Crippen molar-refractivity contribution in [2.75, 3.05) is 13.1 Å². The average molecular weight is 476 g/mol. The van der Waals surface area contributed by atoms with E-state index < -0.39 is 20.8 Å². The molecule has 1 saturated heterocycles. The Morgan fingerprint density at radius 2 is 1.76 bits per heavy atom. The summed E-state index contributed by atoms with van der Waals surface area (Å²) in [6, 6.07) is 10.2. The molecule has 2 heterocycles. The summed E-state index contributed by atoms with van der Waals surface area (Å²) >= 11 is 0. The van der Waals surface area contributed by atoms with Crippen molar-refractivity contribution >= 4 is 15.7 Å². The number of hydrogen-bond donors (Lipinski definition) is 1. The average Bonchev–Trinajstić information content (AvgIpc) is 3.29. The van der Waals surface area contributed by atoms with E-state index in [4.69, 9.17) is 4.42 Å². The minimum atomic E-state index is -3.72. The molecule has 0 radical (unpaired) electrons. The molecule has 174 valence electrons. The second-order valence-electron chi connectivity index (χ2n) is 7.81. The molecular formula is C21H22FN5O5S. The number of benzene rings is 2. The fourth-order valence-electron chi connectivity index (χ4n) is 3.71. The SMILES string of the molecule is CC(c1nnc(-c2ccc([N+](=O)[O-])cc2)o1)N1CCC(NS(=O)(=O)c2ccc(F)cc2)CC1. The van der Waals surface area contributed by atoms with Crippen LogP contribution in [0.2, 0.25) is 0 Å². The minimum Gasteiger partial charge on any atom is -0.419 e. The molecule has 1 aliphatic rings. The molecule has 4 rings (SSSR count). The summed E-state index contributed by atoms with van der Waals surface area (Å²) in [5.41, 5.74) is 0.560. The van der Waals surface area contributed by atoms with Crippen LogP contribution < -0.4 is 4.72 Å². The molecule has 3 aromatic rings. The number of non-ortho nitro benzene ring substituents is 1. The van der Waals surface area contributed by atoms with Gasteiger partial charge in [0.1, 0.15) is 5.82 Å². The first kappa shape index (κ1) is 23.0. The van der Waals surface area contributed by atoms with Gasteiger partial charge in [0.2, 0.25) is 21.8 Å². The molecule has 2 aromatic carbocycles. The van der Waals surface area contributed by atoms with Gasteiger partial charge in [-0.3, -0.25) is 15.0 Å². The van der Waals surface area contributed by atoms with Crippen molar-refractivity contribution < 1.29 is 22.1 Å². The van der Waals surface area contributed by atoms with Crippen LogP contribution in [0, 0.1) is 15.9 Å². The molecule has 1 aromatic heterocycles. The number of rotatable bonds is 7. The lowest BCUT2D eigenvalue weighted by atomic mass is 10.0. The highest BCUT2D eigenvalue weighted by atomic mass is 32.2. The van der Waals surface area contributed by atoms with Gasteiger partial charge >= 0.3 is 0 Å². The number of nitro benzene ring substituents is 1. The lowest BCUT2D eigenvalue weighted by Gasteiger charge is -2.34. The van der Waals surface area contributed by atoms with E-state index in [1.54, 1.807) is 12.1 Å². The predicted molar refractivity (Wildman–Crippen MR) is 116 cm³/mol. The molecule has 1 unspecified atom stereocenters. The fraction of sp³-hybridized carbons (Fsp3) is 0.333. The molecule has 33 heavy (non-hydrogen) atoms. The van der Waals surface area contributed by atoms with Crippen molar-refractivity contribution in [2.24, 2.45) is 0 Å². The number of sulfonamides is 1. The molecule has 10 nitrogen and oxygen atoms in total. The first-order valence-corrected chi connectivity index (χ1v) is 11.8. The Hall–Kier alpha value is -3.22. The summed E-state index contributed by atoms with van der Waals surface area (Å²) in [7, 11) is -3.72. The third-order valence-corrected chi connectivity index (χ3v) is 7.18. The number of likely N-dealkylation sites (tertiary alicyclic amines) is 1. The van der Waals surface area contributed by atoms with E-state index in [0.29, 0.717) is 37.4 Å². The van der Waals surface area contributed by atoms with E-state index >= 15 is 0 Å². The first-order chi connectivity index (χ1) is 15.7. The van der Waals surface area contributed by atoms with Crippen LogP contribution in [-0.2, 0) is 10.0 Å². The normalized spacial score (nSPS) is 16.5. The van der Waals surface area contributed by atoms with Crippen LogP contribution in [0.1, 0.15) is 31.7 Å². The number of halogens is 1. The van der Waals surface area contributed by atoms with Crippen LogP contribution >= 0.6 is 0 Å². The second kappa shape index (κ2) is 9.33. The predicted octanol–water partition coefficient (Wildman–Crippen LogP) is 3.29. The van der Waals surface area contributed by atoms with Crippen LogP contribution in [0.3, 0.4) is 0 Å². The maximum Gasteiger partial charge on any atom is 0.269 e. The summed E-state index contributed by atoms with van der Waals surface area (Å²) < 4.78 is 46.6. The molecule has 0 aliphatic carbocycles. The topological polar surface area (TPSA) is 131 Å². The maximum absolute atomic E-state index is 13.1. The highest BCUT2D eigenvalue weighted by Gasteiger charge is 2.29. The molecule has 0 saturated carbocycles. The van der Waals surface area contributed by atoms with Gasteiger partial charge < -0.3 is 4.42 Å². The first-order valence-electron chi connectivity index (χ1n) is 10.3. The molecule has 1 N–H and O–H groups in total. The van der Waals surface area contributed by atoms with Gasteiger partial charge in [0.15, 0.2) is 0 Å². The van der Waals surface area contributed by atoms with Gasteiger partial charge in [-0.2, -0.15) is 0 Å². The fourth-order valence-corrected chi connectivity index (χ4v) is 5.01. The van der Waals surface area contributed by atoms with Gasteiger partial charge in [-0.15, -0.1) is 10.2 Å². The van der Waals surface area contributed by atoms with Gasteiger partial charge in [0.05, 0.1) is 15.9 Å². The summed E-state index contributed by atoms with van der Waals surface area (Å²) in [5, 5.41) is 19.0. The third-order valence-electron chi connectivity index (χ3n) is 5.65. The molecular weight excluding hydrogens is 453 g/mol. The standard InChI is InChI=1S/C21H22FN5O5S/c1-14(20-23-24-21(32-20)15-2-6-18(7-3-15)27(28)29)26-12-10-17(11-13-26)25-33(30,31)19-8-4-16(22)5-9-19/h2-9,14,17,25H,10-13H2,1H3. The summed E-state index contributed by atoms with van der Waals surface area (Å²) in [5.74, 6) is 0.191. The van der Waals surface area contributed by atoms with Crippen molar-refractivity contribution in [1.29, 1.82) is 0 Å². The third kappa shape index (κ3) is 5.24. The van der Waals surface area contributed by atoms with Gasteiger partial charge in [0.25, 0.3) is 5.69 Å². The van der Waals surface area contributed by atoms with Gasteiger partial charge in [-0.25, -0.2) is 17.5 Å². The molecule has 12 heteroatoms. The largest absolute Gasteiger partial charge is 0.419 e. The zero-order valence-corrected chi connectivity index (χ0v) is 18.5. The number of piperidine rings is 1. The molecule has 0 spiro atoms. The maximum atomic E-state index is 13.1. The van der Waals surface area contributed by atoms with Crippen molar-refractivity contribution in [3.63, 3.8) is 0 Å². The number of nitro groups is 1. The number of aromatic nitrogens is 2. The quantitative estimate of drug-likeness (QED) is 0.407. The molecule has 1 atom stereocenters. The van der Waals surface area contributed by atoms with Gasteiger partial charge in [-0.1, -0.05) is 0 Å². The van der Waals surface area contributed by atoms with E-state index in [2.05, 4.69) is 19.8 Å². The number of nitrogens with one attached hydrogen (secondary N) is 1. The second-order valence-corrected chi connectivity index (χ2v) is 9.52. The van der Waals surface area contributed by atoms with Gasteiger partial charge in [-0.05, 0) is 56.2 Å². The molecule has 1 fully saturated rings. The highest BCUT2D eigenvalue weighted by molar-refractivity contribution is 7.89. The van der Waals surface area contributed by atoms with E-state index in [1.807, 2.05) is 6.92 Å². The number of hydrogen-bond acceptors (Lipinski definition) is 8. The number of nitrogens with zero attached hydrogens (tertiary/aromatic N) is 4. The summed E-state index contributed by atoms with van der Waals surface area (Å²) in [6.07, 6.45) is 1.18. The highest BCUT2D eigenvalue weighted by Crippen LogP contribution is 2.27. The lowest BCUT2D eigenvalue weighted by molar-refractivity contribution is -0.384. The minimum absolute atomic E-state index is 0.0234. The van der Waals surface area contributed by atoms with Crippen molar-refractivity contribution in [2.45, 2.75) is 36.7 Å². The monoisotopic (exact) mass is 475 g/mol. The Labute approximate surface area is 189 Å². The zero-order chi connectivity index (χ0) is 23.6. The Balaban J connectivity index is 1.35. The molecule has 1 aliphatic heterocycles. The molecule has 0 bridgehead atoms. The van der Waals surface area contributed by atoms with E-state index in [-0.39, 0.29) is 28.6 Å². The Morgan fingerprint density at radius 1 is 1.12 bits per heavy atom. The van der Waals surface area contributed by atoms with E-state index in [9.17, 15) is 22.9 Å². The van der Waals surface area contributed by atoms with Crippen LogP contribution in [0.5, 0.6) is 0 Å². The van der Waals surface area contributed by atoms with Crippen LogP contribution in [0.25, 0.3) is 11.5 Å². The van der Waals surface area contributed by atoms with Crippen molar-refractivity contribution in [3.8, 4) is 11.5 Å².